The van der Waals surface area contributed by atoms with Crippen molar-refractivity contribution in [2.24, 2.45) is 0 Å². The molecule has 1 N–H and O–H groups in total. The van der Waals surface area contributed by atoms with E-state index in [-0.39, 0.29) is 17.2 Å². The molecule has 0 radical (unpaired) electrons. The lowest BCUT2D eigenvalue weighted by molar-refractivity contribution is -0.141. The Hall–Kier alpha value is -2.62. The summed E-state index contributed by atoms with van der Waals surface area (Å²) in [5.74, 6) is -0.0505. The van der Waals surface area contributed by atoms with Crippen LogP contribution in [0.1, 0.15) is 70.6 Å². The van der Waals surface area contributed by atoms with Gasteiger partial charge in [0.25, 0.3) is 0 Å². The highest BCUT2D eigenvalue weighted by Gasteiger charge is 2.28. The molecule has 2 aromatic carbocycles. The largest absolute Gasteiger partial charge is 0.354 e. The van der Waals surface area contributed by atoms with E-state index in [1.165, 1.54) is 5.56 Å². The summed E-state index contributed by atoms with van der Waals surface area (Å²) >= 11 is 0. The second kappa shape index (κ2) is 11.7. The number of carbonyl (C=O) groups excluding carboxylic acids is 2. The maximum absolute atomic E-state index is 13.3. The van der Waals surface area contributed by atoms with Gasteiger partial charge in [-0.2, -0.15) is 0 Å². The zero-order chi connectivity index (χ0) is 22.9. The van der Waals surface area contributed by atoms with Crippen molar-refractivity contribution in [2.75, 3.05) is 6.54 Å². The number of rotatable bonds is 10. The number of hydrogen-bond donors (Lipinski definition) is 1. The zero-order valence-electron chi connectivity index (χ0n) is 19.8. The fourth-order valence-electron chi connectivity index (χ4n) is 3.63. The summed E-state index contributed by atoms with van der Waals surface area (Å²) in [6.45, 7) is 11.7. The summed E-state index contributed by atoms with van der Waals surface area (Å²) < 4.78 is 0. The third kappa shape index (κ3) is 7.54. The fourth-order valence-corrected chi connectivity index (χ4v) is 3.63. The molecule has 1 atom stereocenters. The SMILES string of the molecule is CCCNC(=O)[C@H](CC)N(Cc1ccccc1)C(=O)CCc1ccc(C(C)(C)C)cc1. The summed E-state index contributed by atoms with van der Waals surface area (Å²) in [4.78, 5) is 27.8. The number of hydrogen-bond acceptors (Lipinski definition) is 2. The van der Waals surface area contributed by atoms with Crippen molar-refractivity contribution in [3.05, 3.63) is 71.3 Å². The van der Waals surface area contributed by atoms with Crippen molar-refractivity contribution in [1.82, 2.24) is 10.2 Å². The summed E-state index contributed by atoms with van der Waals surface area (Å²) in [6, 6.07) is 18.0. The molecular weight excluding hydrogens is 384 g/mol. The maximum Gasteiger partial charge on any atom is 0.242 e. The van der Waals surface area contributed by atoms with Gasteiger partial charge in [0.15, 0.2) is 0 Å². The van der Waals surface area contributed by atoms with Crippen LogP contribution in [0.25, 0.3) is 0 Å². The molecule has 31 heavy (non-hydrogen) atoms. The Labute approximate surface area is 188 Å². The minimum absolute atomic E-state index is 0.0160. The van der Waals surface area contributed by atoms with E-state index in [2.05, 4.69) is 50.4 Å². The molecule has 0 heterocycles. The molecule has 2 aromatic rings. The fraction of sp³-hybridized carbons (Fsp3) is 0.481. The molecular formula is C27H38N2O2. The van der Waals surface area contributed by atoms with Crippen LogP contribution in [0, 0.1) is 0 Å². The molecule has 0 aliphatic carbocycles. The highest BCUT2D eigenvalue weighted by atomic mass is 16.2. The summed E-state index contributed by atoms with van der Waals surface area (Å²) in [6.07, 6.45) is 2.52. The van der Waals surface area contributed by atoms with Gasteiger partial charge in [-0.05, 0) is 41.4 Å². The van der Waals surface area contributed by atoms with Crippen LogP contribution >= 0.6 is 0 Å². The van der Waals surface area contributed by atoms with Crippen LogP contribution in [0.5, 0.6) is 0 Å². The number of amides is 2. The van der Waals surface area contributed by atoms with Crippen LogP contribution in [0.2, 0.25) is 0 Å². The van der Waals surface area contributed by atoms with Crippen molar-refractivity contribution in [2.45, 2.75) is 78.3 Å². The van der Waals surface area contributed by atoms with Crippen molar-refractivity contribution in [1.29, 1.82) is 0 Å². The molecule has 168 valence electrons. The van der Waals surface area contributed by atoms with Crippen LogP contribution < -0.4 is 5.32 Å². The average Bonchev–Trinajstić information content (AvgIpc) is 2.76. The van der Waals surface area contributed by atoms with Gasteiger partial charge in [-0.15, -0.1) is 0 Å². The number of carbonyl (C=O) groups is 2. The smallest absolute Gasteiger partial charge is 0.242 e. The molecule has 0 unspecified atom stereocenters. The molecule has 0 spiro atoms. The first-order valence-corrected chi connectivity index (χ1v) is 11.5. The Balaban J connectivity index is 2.14. The van der Waals surface area contributed by atoms with Gasteiger partial charge < -0.3 is 10.2 Å². The minimum Gasteiger partial charge on any atom is -0.354 e. The Morgan fingerprint density at radius 1 is 0.935 bits per heavy atom. The van der Waals surface area contributed by atoms with Crippen LogP contribution in [0.4, 0.5) is 0 Å². The van der Waals surface area contributed by atoms with E-state index >= 15 is 0 Å². The van der Waals surface area contributed by atoms with E-state index in [0.717, 1.165) is 17.5 Å². The number of aryl methyl sites for hydroxylation is 1. The summed E-state index contributed by atoms with van der Waals surface area (Å²) in [5, 5.41) is 2.97. The molecule has 2 amide bonds. The van der Waals surface area contributed by atoms with Crippen LogP contribution in [-0.4, -0.2) is 29.3 Å². The van der Waals surface area contributed by atoms with Crippen LogP contribution in [0.15, 0.2) is 54.6 Å². The highest BCUT2D eigenvalue weighted by Crippen LogP contribution is 2.23. The van der Waals surface area contributed by atoms with Crippen molar-refractivity contribution in [3.8, 4) is 0 Å². The molecule has 0 saturated heterocycles. The maximum atomic E-state index is 13.3. The van der Waals surface area contributed by atoms with Gasteiger partial charge in [-0.3, -0.25) is 9.59 Å². The Kier molecular flexibility index (Phi) is 9.29. The highest BCUT2D eigenvalue weighted by molar-refractivity contribution is 5.87. The topological polar surface area (TPSA) is 49.4 Å². The first-order valence-electron chi connectivity index (χ1n) is 11.5. The van der Waals surface area contributed by atoms with E-state index in [1.807, 2.05) is 44.2 Å². The van der Waals surface area contributed by atoms with E-state index in [4.69, 9.17) is 0 Å². The summed E-state index contributed by atoms with van der Waals surface area (Å²) in [7, 11) is 0. The predicted octanol–water partition coefficient (Wildman–Crippen LogP) is 5.25. The van der Waals surface area contributed by atoms with Gasteiger partial charge in [-0.1, -0.05) is 89.2 Å². The second-order valence-corrected chi connectivity index (χ2v) is 9.17. The number of nitrogens with one attached hydrogen (secondary N) is 1. The lowest BCUT2D eigenvalue weighted by atomic mass is 9.86. The number of benzene rings is 2. The quantitative estimate of drug-likeness (QED) is 0.568. The lowest BCUT2D eigenvalue weighted by Crippen LogP contribution is -2.49. The first kappa shape index (κ1) is 24.6. The molecule has 4 heteroatoms. The molecule has 2 rings (SSSR count). The molecule has 0 fully saturated rings. The molecule has 0 bridgehead atoms. The Morgan fingerprint density at radius 3 is 2.13 bits per heavy atom. The molecule has 0 saturated carbocycles. The van der Waals surface area contributed by atoms with Gasteiger partial charge in [0.05, 0.1) is 0 Å². The van der Waals surface area contributed by atoms with Crippen molar-refractivity contribution < 1.29 is 9.59 Å². The van der Waals surface area contributed by atoms with E-state index < -0.39 is 6.04 Å². The monoisotopic (exact) mass is 422 g/mol. The molecule has 4 nitrogen and oxygen atoms in total. The third-order valence-electron chi connectivity index (χ3n) is 5.58. The minimum atomic E-state index is -0.456. The second-order valence-electron chi connectivity index (χ2n) is 9.17. The van der Waals surface area contributed by atoms with E-state index in [0.29, 0.717) is 32.4 Å². The van der Waals surface area contributed by atoms with Crippen LogP contribution in [0.3, 0.4) is 0 Å². The molecule has 0 aromatic heterocycles. The van der Waals surface area contributed by atoms with Crippen molar-refractivity contribution in [3.63, 3.8) is 0 Å². The standard InChI is InChI=1S/C27H38N2O2/c1-6-19-28-26(31)24(7-2)29(20-22-11-9-8-10-12-22)25(30)18-15-21-13-16-23(17-14-21)27(3,4)5/h8-14,16-17,24H,6-7,15,18-20H2,1-5H3,(H,28,31)/t24-/m0/s1. The normalized spacial score (nSPS) is 12.3. The van der Waals surface area contributed by atoms with Gasteiger partial charge in [-0.25, -0.2) is 0 Å². The van der Waals surface area contributed by atoms with Gasteiger partial charge >= 0.3 is 0 Å². The van der Waals surface area contributed by atoms with Crippen LogP contribution in [-0.2, 0) is 28.0 Å². The molecule has 0 aliphatic rings. The first-order chi connectivity index (χ1) is 14.8. The summed E-state index contributed by atoms with van der Waals surface area (Å²) in [5.41, 5.74) is 3.57. The van der Waals surface area contributed by atoms with E-state index in [1.54, 1.807) is 4.90 Å². The molecule has 0 aliphatic heterocycles. The zero-order valence-corrected chi connectivity index (χ0v) is 19.8. The Morgan fingerprint density at radius 2 is 1.58 bits per heavy atom. The predicted molar refractivity (Wildman–Crippen MR) is 128 cm³/mol. The van der Waals surface area contributed by atoms with Gasteiger partial charge in [0, 0.05) is 19.5 Å². The van der Waals surface area contributed by atoms with Crippen molar-refractivity contribution >= 4 is 11.8 Å². The van der Waals surface area contributed by atoms with Gasteiger partial charge in [0.1, 0.15) is 6.04 Å². The van der Waals surface area contributed by atoms with Gasteiger partial charge in [0.2, 0.25) is 11.8 Å². The third-order valence-corrected chi connectivity index (χ3v) is 5.58. The average molecular weight is 423 g/mol. The lowest BCUT2D eigenvalue weighted by Gasteiger charge is -2.30. The number of nitrogens with zero attached hydrogens (tertiary/aromatic N) is 1. The Bertz CT molecular complexity index is 823. The van der Waals surface area contributed by atoms with E-state index in [9.17, 15) is 9.59 Å².